The van der Waals surface area contributed by atoms with Gasteiger partial charge in [-0.15, -0.1) is 40.8 Å². The van der Waals surface area contributed by atoms with Gasteiger partial charge in [-0.2, -0.15) is 71.2 Å². The van der Waals surface area contributed by atoms with Gasteiger partial charge in [0.25, 0.3) is 0 Å². The van der Waals surface area contributed by atoms with Crippen LogP contribution in [0.1, 0.15) is 16.7 Å². The maximum Gasteiger partial charge on any atom is 0 e. The first-order valence-electron chi connectivity index (χ1n) is 19.7. The molecule has 9 aromatic rings. The Hall–Kier alpha value is -6.83. The number of rotatable bonds is 6. The summed E-state index contributed by atoms with van der Waals surface area (Å²) in [6.07, 6.45) is 4.95. The SMILES string of the molecule is Cc1[c-]cc(-c2ccccc2-c2cc(-c3ccccc3-c3c[c-]c(C)cc3)cc(-c3ccccc3-c3c[c-]c4c5c(c6ccccc6c4c3)CC=C[N-]5)c2)cc1.[C-]#[O+].[C-]#[O+].[Ir]. The molecular weight excluding hydrogens is 923 g/mol. The largest absolute Gasteiger partial charge is 0 e. The van der Waals surface area contributed by atoms with E-state index in [-0.39, 0.29) is 20.1 Å². The summed E-state index contributed by atoms with van der Waals surface area (Å²) in [5.41, 5.74) is 18.5. The molecule has 0 N–H and O–H groups in total. The zero-order valence-electron chi connectivity index (χ0n) is 33.5. The first-order valence-corrected chi connectivity index (χ1v) is 19.7. The van der Waals surface area contributed by atoms with Gasteiger partial charge in [0.15, 0.2) is 0 Å². The third-order valence-electron chi connectivity index (χ3n) is 11.2. The number of nitrogens with zero attached hydrogens (tertiary/aromatic N) is 1. The molecule has 0 bridgehead atoms. The van der Waals surface area contributed by atoms with Crippen molar-refractivity contribution in [1.29, 1.82) is 0 Å². The van der Waals surface area contributed by atoms with Crippen LogP contribution in [0.5, 0.6) is 0 Å². The van der Waals surface area contributed by atoms with Crippen LogP contribution in [-0.2, 0) is 35.8 Å². The van der Waals surface area contributed by atoms with E-state index in [0.29, 0.717) is 0 Å². The monoisotopic (exact) mass is 960 g/mol. The van der Waals surface area contributed by atoms with Crippen molar-refractivity contribution in [3.8, 4) is 66.8 Å². The van der Waals surface area contributed by atoms with Crippen molar-refractivity contribution in [2.75, 3.05) is 0 Å². The normalized spacial score (nSPS) is 11.2. The molecule has 1 aliphatic rings. The fourth-order valence-corrected chi connectivity index (χ4v) is 8.36. The van der Waals surface area contributed by atoms with Crippen LogP contribution in [-0.4, -0.2) is 0 Å². The maximum atomic E-state index is 7.50. The van der Waals surface area contributed by atoms with Crippen molar-refractivity contribution < 1.29 is 29.4 Å². The summed E-state index contributed by atoms with van der Waals surface area (Å²) in [7, 11) is 0. The first-order chi connectivity index (χ1) is 29.6. The molecule has 0 amide bonds. The number of hydrogen-bond acceptors (Lipinski definition) is 0. The second kappa shape index (κ2) is 19.0. The van der Waals surface area contributed by atoms with Gasteiger partial charge in [0, 0.05) is 20.1 Å². The molecule has 1 radical (unpaired) electrons. The smallest absolute Gasteiger partial charge is 0 e. The van der Waals surface area contributed by atoms with Gasteiger partial charge in [0.2, 0.25) is 0 Å². The minimum Gasteiger partial charge on any atom is 0 e. The van der Waals surface area contributed by atoms with Crippen LogP contribution in [0.25, 0.3) is 93.6 Å². The fourth-order valence-electron chi connectivity index (χ4n) is 8.36. The van der Waals surface area contributed by atoms with Gasteiger partial charge in [-0.25, -0.2) is 5.69 Å². The number of benzene rings is 9. The van der Waals surface area contributed by atoms with Crippen molar-refractivity contribution in [3.63, 3.8) is 0 Å². The number of allylic oxidation sites excluding steroid dienone is 1. The molecule has 0 atom stereocenters. The van der Waals surface area contributed by atoms with Crippen LogP contribution in [0, 0.1) is 45.3 Å². The Bertz CT molecular complexity index is 2970. The quantitative estimate of drug-likeness (QED) is 0.0906. The van der Waals surface area contributed by atoms with Crippen LogP contribution in [0.15, 0.2) is 176 Å². The summed E-state index contributed by atoms with van der Waals surface area (Å²) >= 11 is 0. The van der Waals surface area contributed by atoms with E-state index in [9.17, 15) is 0 Å². The molecule has 0 saturated carbocycles. The van der Waals surface area contributed by atoms with Crippen molar-refractivity contribution >= 4 is 27.2 Å². The van der Waals surface area contributed by atoms with Crippen LogP contribution in [0.2, 0.25) is 0 Å². The second-order valence-electron chi connectivity index (χ2n) is 14.7. The molecule has 0 fully saturated rings. The van der Waals surface area contributed by atoms with E-state index in [4.69, 9.17) is 14.6 Å². The molecule has 61 heavy (non-hydrogen) atoms. The Morgan fingerprint density at radius 3 is 1.31 bits per heavy atom. The maximum absolute atomic E-state index is 7.50. The molecule has 10 rings (SSSR count). The van der Waals surface area contributed by atoms with Crippen LogP contribution in [0.3, 0.4) is 0 Å². The molecule has 1 aliphatic heterocycles. The van der Waals surface area contributed by atoms with E-state index in [1.54, 1.807) is 0 Å². The van der Waals surface area contributed by atoms with Crippen molar-refractivity contribution in [2.24, 2.45) is 0 Å². The molecular formula is C57H37IrNO2-4. The van der Waals surface area contributed by atoms with Gasteiger partial charge in [-0.05, 0) is 63.4 Å². The molecule has 1 heterocycles. The predicted molar refractivity (Wildman–Crippen MR) is 244 cm³/mol. The number of fused-ring (bicyclic) bond motifs is 6. The van der Waals surface area contributed by atoms with Gasteiger partial charge >= 0.3 is 22.6 Å². The summed E-state index contributed by atoms with van der Waals surface area (Å²) in [6, 6.07) is 70.1. The predicted octanol–water partition coefficient (Wildman–Crippen LogP) is 15.0. The Morgan fingerprint density at radius 1 is 0.443 bits per heavy atom. The van der Waals surface area contributed by atoms with Gasteiger partial charge < -0.3 is 5.32 Å². The second-order valence-corrected chi connectivity index (χ2v) is 14.7. The van der Waals surface area contributed by atoms with E-state index >= 15 is 0 Å². The number of aryl methyl sites for hydroxylation is 2. The van der Waals surface area contributed by atoms with Crippen LogP contribution in [0.4, 0.5) is 5.69 Å². The van der Waals surface area contributed by atoms with Gasteiger partial charge in [0.05, 0.1) is 0 Å². The van der Waals surface area contributed by atoms with Crippen LogP contribution >= 0.6 is 0 Å². The molecule has 0 spiro atoms. The minimum atomic E-state index is 0. The zero-order valence-corrected chi connectivity index (χ0v) is 35.9. The van der Waals surface area contributed by atoms with Gasteiger partial charge in [-0.1, -0.05) is 144 Å². The van der Waals surface area contributed by atoms with Crippen LogP contribution < -0.4 is 0 Å². The Labute approximate surface area is 371 Å². The minimum absolute atomic E-state index is 0. The summed E-state index contributed by atoms with van der Waals surface area (Å²) in [6.45, 7) is 13.2. The summed E-state index contributed by atoms with van der Waals surface area (Å²) in [5, 5.41) is 9.61. The molecule has 0 unspecified atom stereocenters. The molecule has 0 aliphatic carbocycles. The molecule has 0 aromatic heterocycles. The Balaban J connectivity index is 0.00000109. The third kappa shape index (κ3) is 8.34. The van der Waals surface area contributed by atoms with Crippen molar-refractivity contribution in [1.82, 2.24) is 0 Å². The average Bonchev–Trinajstić information content (AvgIpc) is 3.33. The van der Waals surface area contributed by atoms with Gasteiger partial charge in [-0.3, -0.25) is 0 Å². The molecule has 3 nitrogen and oxygen atoms in total. The summed E-state index contributed by atoms with van der Waals surface area (Å²) in [5.74, 6) is 0. The van der Waals surface area contributed by atoms with Crippen molar-refractivity contribution in [3.05, 3.63) is 230 Å². The van der Waals surface area contributed by atoms with E-state index < -0.39 is 0 Å². The molecule has 9 aromatic carbocycles. The van der Waals surface area contributed by atoms with E-state index in [1.807, 2.05) is 6.20 Å². The topological polar surface area (TPSA) is 53.9 Å². The third-order valence-corrected chi connectivity index (χ3v) is 11.2. The summed E-state index contributed by atoms with van der Waals surface area (Å²) in [4.78, 5) is 0. The standard InChI is InChI=1S/C55H37N.2CO.Ir/c1-36-21-25-38(26-22-36)44-12-3-6-15-47(44)41-32-42(48-16-7-4-13-45(48)39-27-23-37(2)24-28-39)34-43(33-41)49-17-8-5-14-46(49)40-29-30-53-54(35-40)51-19-10-9-18-50(51)52-20-11-31-56-55(52)53;2*1-2;/h3-19,21,23,25-29,31-35H,20H2,1-2H3;;;/q-4;;;. The fraction of sp³-hybridized carbons (Fsp3) is 0.0526. The van der Waals surface area contributed by atoms with E-state index in [2.05, 4.69) is 215 Å². The van der Waals surface area contributed by atoms with E-state index in [0.717, 1.165) is 67.6 Å². The zero-order chi connectivity index (χ0) is 41.6. The first kappa shape index (κ1) is 42.3. The van der Waals surface area contributed by atoms with Crippen molar-refractivity contribution in [2.45, 2.75) is 20.3 Å². The Morgan fingerprint density at radius 2 is 0.852 bits per heavy atom. The Kier molecular flexibility index (Phi) is 13.2. The average molecular weight is 960 g/mol. The molecule has 295 valence electrons. The summed E-state index contributed by atoms with van der Waals surface area (Å²) < 4.78 is 15.0. The molecule has 4 heteroatoms. The van der Waals surface area contributed by atoms with E-state index in [1.165, 1.54) is 49.5 Å². The van der Waals surface area contributed by atoms with Gasteiger partial charge in [0.1, 0.15) is 0 Å². The molecule has 0 saturated heterocycles. The number of hydrogen-bond donors (Lipinski definition) is 0.